The quantitative estimate of drug-likeness (QED) is 0.928. The van der Waals surface area contributed by atoms with Crippen molar-refractivity contribution in [1.29, 1.82) is 0 Å². The molecular formula is C14H19BrO3. The third kappa shape index (κ3) is 3.05. The lowest BCUT2D eigenvalue weighted by molar-refractivity contribution is -0.00456. The van der Waals surface area contributed by atoms with Crippen molar-refractivity contribution in [2.45, 2.75) is 25.4 Å². The van der Waals surface area contributed by atoms with Gasteiger partial charge in [0.2, 0.25) is 0 Å². The van der Waals surface area contributed by atoms with E-state index in [0.717, 1.165) is 28.8 Å². The number of benzene rings is 1. The SMILES string of the molecule is COc1ccc(CC(C)(O)C2CCOC2)cc1Br. The zero-order valence-corrected chi connectivity index (χ0v) is 12.4. The maximum atomic E-state index is 10.6. The van der Waals surface area contributed by atoms with Gasteiger partial charge in [0.05, 0.1) is 23.8 Å². The van der Waals surface area contributed by atoms with Gasteiger partial charge in [0.15, 0.2) is 0 Å². The van der Waals surface area contributed by atoms with E-state index in [-0.39, 0.29) is 5.92 Å². The summed E-state index contributed by atoms with van der Waals surface area (Å²) in [5.41, 5.74) is 0.379. The molecule has 1 aromatic carbocycles. The maximum absolute atomic E-state index is 10.6. The Bertz CT molecular complexity index is 412. The molecule has 0 spiro atoms. The van der Waals surface area contributed by atoms with Crippen LogP contribution in [0.25, 0.3) is 0 Å². The largest absolute Gasteiger partial charge is 0.496 e. The lowest BCUT2D eigenvalue weighted by Gasteiger charge is -2.29. The van der Waals surface area contributed by atoms with Crippen molar-refractivity contribution in [3.63, 3.8) is 0 Å². The normalized spacial score (nSPS) is 22.8. The van der Waals surface area contributed by atoms with E-state index in [1.165, 1.54) is 0 Å². The molecule has 3 nitrogen and oxygen atoms in total. The van der Waals surface area contributed by atoms with Crippen molar-refractivity contribution < 1.29 is 14.6 Å². The van der Waals surface area contributed by atoms with Gasteiger partial charge in [-0.05, 0) is 47.0 Å². The molecule has 1 aliphatic rings. The van der Waals surface area contributed by atoms with Crippen LogP contribution in [0.4, 0.5) is 0 Å². The summed E-state index contributed by atoms with van der Waals surface area (Å²) in [6.07, 6.45) is 1.56. The molecule has 1 aliphatic heterocycles. The van der Waals surface area contributed by atoms with Crippen LogP contribution in [0.1, 0.15) is 18.9 Å². The molecule has 2 atom stereocenters. The minimum atomic E-state index is -0.718. The first-order valence-corrected chi connectivity index (χ1v) is 6.95. The fourth-order valence-electron chi connectivity index (χ4n) is 2.40. The molecule has 0 saturated carbocycles. The standard InChI is InChI=1S/C14H19BrO3/c1-14(16,11-5-6-18-9-11)8-10-3-4-13(17-2)12(15)7-10/h3-4,7,11,16H,5-6,8-9H2,1-2H3. The van der Waals surface area contributed by atoms with Crippen LogP contribution in [0, 0.1) is 5.92 Å². The zero-order valence-electron chi connectivity index (χ0n) is 10.8. The van der Waals surface area contributed by atoms with Gasteiger partial charge in [-0.1, -0.05) is 6.07 Å². The number of halogens is 1. The van der Waals surface area contributed by atoms with Crippen molar-refractivity contribution in [2.75, 3.05) is 20.3 Å². The van der Waals surface area contributed by atoms with Gasteiger partial charge in [-0.25, -0.2) is 0 Å². The molecule has 100 valence electrons. The second kappa shape index (κ2) is 5.59. The average Bonchev–Trinajstić information content (AvgIpc) is 2.82. The Kier molecular flexibility index (Phi) is 4.30. The Labute approximate surface area is 116 Å². The van der Waals surface area contributed by atoms with Crippen LogP contribution in [0.3, 0.4) is 0 Å². The van der Waals surface area contributed by atoms with Gasteiger partial charge in [0.25, 0.3) is 0 Å². The molecule has 2 rings (SSSR count). The van der Waals surface area contributed by atoms with E-state index >= 15 is 0 Å². The van der Waals surface area contributed by atoms with Crippen molar-refractivity contribution in [1.82, 2.24) is 0 Å². The van der Waals surface area contributed by atoms with Crippen molar-refractivity contribution in [2.24, 2.45) is 5.92 Å². The highest BCUT2D eigenvalue weighted by Crippen LogP contribution is 2.31. The van der Waals surface area contributed by atoms with E-state index < -0.39 is 5.60 Å². The van der Waals surface area contributed by atoms with E-state index in [0.29, 0.717) is 13.0 Å². The lowest BCUT2D eigenvalue weighted by atomic mass is 9.83. The number of aliphatic hydroxyl groups is 1. The number of hydrogen-bond donors (Lipinski definition) is 1. The number of hydrogen-bond acceptors (Lipinski definition) is 3. The van der Waals surface area contributed by atoms with Gasteiger partial charge < -0.3 is 14.6 Å². The van der Waals surface area contributed by atoms with Crippen molar-refractivity contribution in [3.8, 4) is 5.75 Å². The fourth-order valence-corrected chi connectivity index (χ4v) is 2.99. The van der Waals surface area contributed by atoms with Crippen LogP contribution < -0.4 is 4.74 Å². The Morgan fingerprint density at radius 3 is 2.89 bits per heavy atom. The van der Waals surface area contributed by atoms with Crippen molar-refractivity contribution in [3.05, 3.63) is 28.2 Å². The predicted molar refractivity (Wildman–Crippen MR) is 73.9 cm³/mol. The van der Waals surface area contributed by atoms with Gasteiger partial charge in [0.1, 0.15) is 5.75 Å². The molecule has 0 amide bonds. The second-order valence-corrected chi connectivity index (χ2v) is 5.92. The van der Waals surface area contributed by atoms with Crippen molar-refractivity contribution >= 4 is 15.9 Å². The Hall–Kier alpha value is -0.580. The highest BCUT2D eigenvalue weighted by atomic mass is 79.9. The van der Waals surface area contributed by atoms with Crippen LogP contribution >= 0.6 is 15.9 Å². The molecule has 1 N–H and O–H groups in total. The van der Waals surface area contributed by atoms with Gasteiger partial charge in [-0.15, -0.1) is 0 Å². The Morgan fingerprint density at radius 1 is 1.56 bits per heavy atom. The van der Waals surface area contributed by atoms with Crippen LogP contribution in [0.2, 0.25) is 0 Å². The topological polar surface area (TPSA) is 38.7 Å². The van der Waals surface area contributed by atoms with Crippen LogP contribution in [-0.4, -0.2) is 31.0 Å². The van der Waals surface area contributed by atoms with Crippen LogP contribution in [0.15, 0.2) is 22.7 Å². The molecule has 1 heterocycles. The molecule has 2 unspecified atom stereocenters. The molecule has 0 aromatic heterocycles. The summed E-state index contributed by atoms with van der Waals surface area (Å²) in [6.45, 7) is 3.31. The fraction of sp³-hybridized carbons (Fsp3) is 0.571. The Balaban J connectivity index is 2.10. The lowest BCUT2D eigenvalue weighted by Crippen LogP contribution is -2.37. The van der Waals surface area contributed by atoms with Crippen LogP contribution in [-0.2, 0) is 11.2 Å². The third-order valence-electron chi connectivity index (χ3n) is 3.59. The van der Waals surface area contributed by atoms with E-state index in [4.69, 9.17) is 9.47 Å². The minimum absolute atomic E-state index is 0.221. The molecule has 18 heavy (non-hydrogen) atoms. The summed E-state index contributed by atoms with van der Waals surface area (Å²) in [4.78, 5) is 0. The van der Waals surface area contributed by atoms with E-state index in [2.05, 4.69) is 15.9 Å². The molecule has 1 aromatic rings. The van der Waals surface area contributed by atoms with E-state index in [1.54, 1.807) is 7.11 Å². The maximum Gasteiger partial charge on any atom is 0.133 e. The number of rotatable bonds is 4. The summed E-state index contributed by atoms with van der Waals surface area (Å²) in [5.74, 6) is 1.03. The van der Waals surface area contributed by atoms with Gasteiger partial charge in [-0.2, -0.15) is 0 Å². The van der Waals surface area contributed by atoms with E-state index in [9.17, 15) is 5.11 Å². The van der Waals surface area contributed by atoms with Gasteiger partial charge in [-0.3, -0.25) is 0 Å². The summed E-state index contributed by atoms with van der Waals surface area (Å²) >= 11 is 3.47. The zero-order chi connectivity index (χ0) is 13.2. The Morgan fingerprint density at radius 2 is 2.33 bits per heavy atom. The second-order valence-electron chi connectivity index (χ2n) is 5.06. The van der Waals surface area contributed by atoms with E-state index in [1.807, 2.05) is 25.1 Å². The van der Waals surface area contributed by atoms with Gasteiger partial charge in [0, 0.05) is 18.9 Å². The highest BCUT2D eigenvalue weighted by molar-refractivity contribution is 9.10. The number of ether oxygens (including phenoxy) is 2. The molecule has 0 aliphatic carbocycles. The molecular weight excluding hydrogens is 296 g/mol. The van der Waals surface area contributed by atoms with Crippen LogP contribution in [0.5, 0.6) is 5.75 Å². The molecule has 1 saturated heterocycles. The minimum Gasteiger partial charge on any atom is -0.496 e. The third-order valence-corrected chi connectivity index (χ3v) is 4.21. The first-order valence-electron chi connectivity index (χ1n) is 6.15. The molecule has 4 heteroatoms. The summed E-state index contributed by atoms with van der Waals surface area (Å²) in [7, 11) is 1.64. The number of methoxy groups -OCH3 is 1. The van der Waals surface area contributed by atoms with Gasteiger partial charge >= 0.3 is 0 Å². The summed E-state index contributed by atoms with van der Waals surface area (Å²) in [6, 6.07) is 5.91. The average molecular weight is 315 g/mol. The summed E-state index contributed by atoms with van der Waals surface area (Å²) < 4.78 is 11.5. The molecule has 0 bridgehead atoms. The monoisotopic (exact) mass is 314 g/mol. The molecule has 0 radical (unpaired) electrons. The molecule has 1 fully saturated rings. The smallest absolute Gasteiger partial charge is 0.133 e. The highest BCUT2D eigenvalue weighted by Gasteiger charge is 2.34. The first-order chi connectivity index (χ1) is 8.53. The predicted octanol–water partition coefficient (Wildman–Crippen LogP) is 2.79. The first kappa shape index (κ1) is 13.8. The summed E-state index contributed by atoms with van der Waals surface area (Å²) in [5, 5.41) is 10.6.